The normalized spacial score (nSPS) is 16.4. The lowest BCUT2D eigenvalue weighted by Gasteiger charge is -2.39. The predicted molar refractivity (Wildman–Crippen MR) is 125 cm³/mol. The average Bonchev–Trinajstić information content (AvgIpc) is 3.33. The summed E-state index contributed by atoms with van der Waals surface area (Å²) in [5.41, 5.74) is 2.43. The zero-order valence-electron chi connectivity index (χ0n) is 18.3. The highest BCUT2D eigenvalue weighted by Crippen LogP contribution is 2.41. The molecule has 1 atom stereocenters. The summed E-state index contributed by atoms with van der Waals surface area (Å²) < 4.78 is 7.04. The Morgan fingerprint density at radius 2 is 1.84 bits per heavy atom. The van der Waals surface area contributed by atoms with Crippen LogP contribution in [0.15, 0.2) is 54.6 Å². The molecule has 2 aromatic heterocycles. The fraction of sp³-hybridized carbons (Fsp3) is 0.333. The van der Waals surface area contributed by atoms with Crippen LogP contribution in [0, 0.1) is 6.92 Å². The molecule has 2 aromatic carbocycles. The molecule has 0 amide bonds. The number of hydrogen-bond donors (Lipinski definition) is 1. The number of methoxy groups -OCH3 is 1. The molecule has 7 nitrogen and oxygen atoms in total. The molecule has 3 heterocycles. The van der Waals surface area contributed by atoms with Gasteiger partial charge in [0.05, 0.1) is 18.0 Å². The summed E-state index contributed by atoms with van der Waals surface area (Å²) in [7, 11) is 1.68. The van der Waals surface area contributed by atoms with E-state index in [4.69, 9.17) is 4.74 Å². The Balaban J connectivity index is 1.43. The van der Waals surface area contributed by atoms with Crippen molar-refractivity contribution in [2.24, 2.45) is 0 Å². The van der Waals surface area contributed by atoms with E-state index >= 15 is 0 Å². The van der Waals surface area contributed by atoms with Crippen molar-refractivity contribution in [3.8, 4) is 11.6 Å². The van der Waals surface area contributed by atoms with E-state index in [0.29, 0.717) is 10.8 Å². The Kier molecular flexibility index (Phi) is 5.82. The maximum absolute atomic E-state index is 11.0. The largest absolute Gasteiger partial charge is 0.497 e. The van der Waals surface area contributed by atoms with E-state index in [0.717, 1.165) is 48.9 Å². The molecule has 0 radical (unpaired) electrons. The highest BCUT2D eigenvalue weighted by molar-refractivity contribution is 7.17. The molecule has 1 fully saturated rings. The van der Waals surface area contributed by atoms with E-state index < -0.39 is 0 Å². The maximum atomic E-state index is 11.0. The van der Waals surface area contributed by atoms with Crippen LogP contribution in [0.5, 0.6) is 11.6 Å². The second kappa shape index (κ2) is 8.90. The van der Waals surface area contributed by atoms with Gasteiger partial charge in [0.15, 0.2) is 0 Å². The van der Waals surface area contributed by atoms with Gasteiger partial charge in [-0.25, -0.2) is 4.98 Å². The van der Waals surface area contributed by atoms with E-state index in [1.54, 1.807) is 11.6 Å². The van der Waals surface area contributed by atoms with E-state index in [2.05, 4.69) is 62.3 Å². The maximum Gasteiger partial charge on any atom is 0.230 e. The minimum absolute atomic E-state index is 0.0854. The number of rotatable bonds is 6. The lowest BCUT2D eigenvalue weighted by Crippen LogP contribution is -2.47. The Labute approximate surface area is 191 Å². The number of benzene rings is 2. The zero-order chi connectivity index (χ0) is 22.1. The van der Waals surface area contributed by atoms with Gasteiger partial charge in [0, 0.05) is 32.7 Å². The van der Waals surface area contributed by atoms with Crippen LogP contribution in [0.4, 0.5) is 0 Å². The number of fused-ring (bicyclic) bond motifs is 1. The van der Waals surface area contributed by atoms with Crippen LogP contribution in [-0.4, -0.2) is 62.8 Å². The first-order valence-electron chi connectivity index (χ1n) is 10.8. The number of aromatic hydroxyl groups is 1. The van der Waals surface area contributed by atoms with Gasteiger partial charge in [-0.1, -0.05) is 53.8 Å². The van der Waals surface area contributed by atoms with Gasteiger partial charge < -0.3 is 9.84 Å². The number of aryl methyl sites for hydroxylation is 1. The van der Waals surface area contributed by atoms with E-state index in [9.17, 15) is 5.11 Å². The first-order chi connectivity index (χ1) is 15.6. The van der Waals surface area contributed by atoms with Gasteiger partial charge in [0.2, 0.25) is 10.8 Å². The summed E-state index contributed by atoms with van der Waals surface area (Å²) in [6.45, 7) is 6.54. The molecule has 1 saturated heterocycles. The summed E-state index contributed by atoms with van der Waals surface area (Å²) >= 11 is 1.50. The predicted octanol–water partition coefficient (Wildman–Crippen LogP) is 3.72. The molecule has 8 heteroatoms. The standard InChI is InChI=1S/C24H27N5O2S/c1-17-25-24-29(26-17)23(30)22(32-24)21(19-9-6-10-20(15-19)31-2)28-13-11-27(12-14-28)16-18-7-4-3-5-8-18/h3-10,15,21,30H,11-14,16H2,1-2H3. The van der Waals surface area contributed by atoms with Crippen LogP contribution in [0.3, 0.4) is 0 Å². The van der Waals surface area contributed by atoms with Crippen LogP contribution >= 0.6 is 11.3 Å². The Bertz CT molecular complexity index is 1200. The van der Waals surface area contributed by atoms with Crippen molar-refractivity contribution in [1.29, 1.82) is 0 Å². The first kappa shape index (κ1) is 20.9. The molecule has 1 aliphatic rings. The Morgan fingerprint density at radius 1 is 1.06 bits per heavy atom. The van der Waals surface area contributed by atoms with Crippen molar-refractivity contribution in [1.82, 2.24) is 24.4 Å². The molecule has 1 unspecified atom stereocenters. The quantitative estimate of drug-likeness (QED) is 0.484. The van der Waals surface area contributed by atoms with Gasteiger partial charge in [0.1, 0.15) is 11.6 Å². The smallest absolute Gasteiger partial charge is 0.230 e. The molecular weight excluding hydrogens is 422 g/mol. The zero-order valence-corrected chi connectivity index (χ0v) is 19.1. The molecule has 4 aromatic rings. The Hall–Kier alpha value is -2.94. The van der Waals surface area contributed by atoms with Crippen LogP contribution < -0.4 is 4.74 Å². The molecule has 166 valence electrons. The number of hydrogen-bond acceptors (Lipinski definition) is 7. The Morgan fingerprint density at radius 3 is 2.56 bits per heavy atom. The van der Waals surface area contributed by atoms with Crippen LogP contribution in [-0.2, 0) is 6.54 Å². The van der Waals surface area contributed by atoms with E-state index in [1.165, 1.54) is 16.9 Å². The first-order valence-corrected chi connectivity index (χ1v) is 11.6. The van der Waals surface area contributed by atoms with Crippen molar-refractivity contribution in [2.75, 3.05) is 33.3 Å². The fourth-order valence-electron chi connectivity index (χ4n) is 4.39. The minimum Gasteiger partial charge on any atom is -0.497 e. The minimum atomic E-state index is -0.0854. The number of aromatic nitrogens is 3. The SMILES string of the molecule is COc1cccc(C(c2sc3nc(C)nn3c2O)N2CCN(Cc3ccccc3)CC2)c1. The molecule has 0 spiro atoms. The van der Waals surface area contributed by atoms with E-state index in [1.807, 2.05) is 19.1 Å². The molecule has 5 rings (SSSR count). The topological polar surface area (TPSA) is 66.1 Å². The van der Waals surface area contributed by atoms with Crippen LogP contribution in [0.2, 0.25) is 0 Å². The molecule has 0 bridgehead atoms. The number of nitrogens with zero attached hydrogens (tertiary/aromatic N) is 5. The number of piperazine rings is 1. The fourth-order valence-corrected chi connectivity index (χ4v) is 5.55. The highest BCUT2D eigenvalue weighted by Gasteiger charge is 2.32. The van der Waals surface area contributed by atoms with Gasteiger partial charge in [-0.05, 0) is 30.2 Å². The summed E-state index contributed by atoms with van der Waals surface area (Å²) in [4.78, 5) is 11.0. The van der Waals surface area contributed by atoms with E-state index in [-0.39, 0.29) is 11.9 Å². The van der Waals surface area contributed by atoms with Crippen molar-refractivity contribution in [2.45, 2.75) is 19.5 Å². The van der Waals surface area contributed by atoms with Crippen LogP contribution in [0.25, 0.3) is 4.96 Å². The van der Waals surface area contributed by atoms with Gasteiger partial charge in [-0.2, -0.15) is 4.52 Å². The summed E-state index contributed by atoms with van der Waals surface area (Å²) in [6.07, 6.45) is 0. The number of thiazole rings is 1. The molecule has 1 N–H and O–H groups in total. The van der Waals surface area contributed by atoms with Gasteiger partial charge in [-0.15, -0.1) is 5.10 Å². The molecule has 0 saturated carbocycles. The van der Waals surface area contributed by atoms with Gasteiger partial charge >= 0.3 is 0 Å². The third-order valence-corrected chi connectivity index (χ3v) is 7.06. The van der Waals surface area contributed by atoms with Crippen LogP contribution in [0.1, 0.15) is 27.9 Å². The second-order valence-electron chi connectivity index (χ2n) is 8.12. The van der Waals surface area contributed by atoms with Crippen molar-refractivity contribution >= 4 is 16.3 Å². The summed E-state index contributed by atoms with van der Waals surface area (Å²) in [5, 5.41) is 15.4. The molecule has 0 aliphatic carbocycles. The molecular formula is C24H27N5O2S. The lowest BCUT2D eigenvalue weighted by molar-refractivity contribution is 0.105. The van der Waals surface area contributed by atoms with Gasteiger partial charge in [-0.3, -0.25) is 9.80 Å². The monoisotopic (exact) mass is 449 g/mol. The molecule has 32 heavy (non-hydrogen) atoms. The lowest BCUT2D eigenvalue weighted by atomic mass is 10.0. The third kappa shape index (κ3) is 4.09. The number of ether oxygens (including phenoxy) is 1. The summed E-state index contributed by atoms with van der Waals surface area (Å²) in [6, 6.07) is 18.6. The highest BCUT2D eigenvalue weighted by atomic mass is 32.1. The van der Waals surface area contributed by atoms with Crippen molar-refractivity contribution < 1.29 is 9.84 Å². The average molecular weight is 450 g/mol. The van der Waals surface area contributed by atoms with Crippen molar-refractivity contribution in [3.63, 3.8) is 0 Å². The summed E-state index contributed by atoms with van der Waals surface area (Å²) in [5.74, 6) is 1.64. The third-order valence-electron chi connectivity index (χ3n) is 5.98. The second-order valence-corrected chi connectivity index (χ2v) is 9.13. The van der Waals surface area contributed by atoms with Crippen molar-refractivity contribution in [3.05, 3.63) is 76.4 Å². The van der Waals surface area contributed by atoms with Gasteiger partial charge in [0.25, 0.3) is 0 Å². The molecule has 1 aliphatic heterocycles.